The Balaban J connectivity index is 1.67. The molecule has 0 spiro atoms. The maximum absolute atomic E-state index is 11.6. The van der Waals surface area contributed by atoms with Gasteiger partial charge < -0.3 is 18.6 Å². The van der Waals surface area contributed by atoms with E-state index in [1.807, 2.05) is 0 Å². The van der Waals surface area contributed by atoms with E-state index in [1.165, 1.54) is 0 Å². The number of rotatable bonds is 6. The van der Waals surface area contributed by atoms with Crippen LogP contribution < -0.4 is 9.47 Å². The normalized spacial score (nSPS) is 12.0. The van der Waals surface area contributed by atoms with Gasteiger partial charge in [0.1, 0.15) is 17.0 Å². The summed E-state index contributed by atoms with van der Waals surface area (Å²) in [4.78, 5) is 15.8. The Labute approximate surface area is 149 Å². The molecule has 0 radical (unpaired) electrons. The highest BCUT2D eigenvalue weighted by molar-refractivity contribution is 6.34. The zero-order valence-electron chi connectivity index (χ0n) is 13.7. The van der Waals surface area contributed by atoms with Gasteiger partial charge in [0, 0.05) is 0 Å². The average Bonchev–Trinajstić information content (AvgIpc) is 3.01. The van der Waals surface area contributed by atoms with Crippen LogP contribution in [0.25, 0.3) is 11.1 Å². The van der Waals surface area contributed by atoms with E-state index in [-0.39, 0.29) is 6.08 Å². The number of hydrogen-bond donors (Lipinski definition) is 0. The van der Waals surface area contributed by atoms with Crippen LogP contribution >= 0.6 is 11.6 Å². The number of ether oxygens (including phenoxy) is 3. The first-order valence-corrected chi connectivity index (χ1v) is 8.11. The predicted molar refractivity (Wildman–Crippen MR) is 92.3 cm³/mol. The molecule has 1 heterocycles. The number of benzene rings is 2. The van der Waals surface area contributed by atoms with Crippen LogP contribution in [-0.2, 0) is 9.53 Å². The molecular formula is C18H16ClNO5. The fourth-order valence-electron chi connectivity index (χ4n) is 2.14. The smallest absolute Gasteiger partial charge is 0.400 e. The predicted octanol–water partition coefficient (Wildman–Crippen LogP) is 4.60. The highest BCUT2D eigenvalue weighted by Crippen LogP contribution is 2.30. The number of carbonyl (C=O) groups excluding carboxylic acids is 1. The Hall–Kier alpha value is -2.73. The second kappa shape index (κ2) is 7.44. The molecule has 1 atom stereocenters. The second-order valence-corrected chi connectivity index (χ2v) is 5.56. The Kier molecular flexibility index (Phi) is 5.09. The summed E-state index contributed by atoms with van der Waals surface area (Å²) in [5.74, 6) is 0.624. The van der Waals surface area contributed by atoms with Crippen molar-refractivity contribution < 1.29 is 23.4 Å². The lowest BCUT2D eigenvalue weighted by Gasteiger charge is -2.13. The molecule has 0 aliphatic rings. The Morgan fingerprint density at radius 2 is 1.92 bits per heavy atom. The largest absolute Gasteiger partial charge is 0.479 e. The van der Waals surface area contributed by atoms with Gasteiger partial charge in [0.25, 0.3) is 0 Å². The van der Waals surface area contributed by atoms with Crippen molar-refractivity contribution in [2.24, 2.45) is 0 Å². The van der Waals surface area contributed by atoms with Crippen molar-refractivity contribution in [1.29, 1.82) is 0 Å². The number of halogens is 1. The SMILES string of the molecule is CCOC(=O)C(C)Oc1ccc(Oc2nc3c(Cl)cccc3o2)cc1. The summed E-state index contributed by atoms with van der Waals surface area (Å²) in [5.41, 5.74) is 1.09. The van der Waals surface area contributed by atoms with E-state index in [9.17, 15) is 4.79 Å². The van der Waals surface area contributed by atoms with Crippen LogP contribution in [0.3, 0.4) is 0 Å². The lowest BCUT2D eigenvalue weighted by atomic mass is 10.3. The Bertz CT molecular complexity index is 875. The first kappa shape index (κ1) is 17.1. The first-order valence-electron chi connectivity index (χ1n) is 7.73. The maximum Gasteiger partial charge on any atom is 0.400 e. The third-order valence-corrected chi connectivity index (χ3v) is 3.62. The Morgan fingerprint density at radius 1 is 1.20 bits per heavy atom. The molecule has 0 N–H and O–H groups in total. The monoisotopic (exact) mass is 361 g/mol. The van der Waals surface area contributed by atoms with Gasteiger partial charge in [0.15, 0.2) is 11.7 Å². The summed E-state index contributed by atoms with van der Waals surface area (Å²) < 4.78 is 21.5. The van der Waals surface area contributed by atoms with Crippen LogP contribution in [0.5, 0.6) is 17.6 Å². The van der Waals surface area contributed by atoms with E-state index in [0.717, 1.165) is 0 Å². The van der Waals surface area contributed by atoms with Gasteiger partial charge in [-0.15, -0.1) is 0 Å². The number of fused-ring (bicyclic) bond motifs is 1. The van der Waals surface area contributed by atoms with E-state index < -0.39 is 12.1 Å². The summed E-state index contributed by atoms with van der Waals surface area (Å²) in [6.45, 7) is 3.69. The minimum atomic E-state index is -0.689. The molecule has 7 heteroatoms. The van der Waals surface area contributed by atoms with Crippen LogP contribution in [0.1, 0.15) is 13.8 Å². The van der Waals surface area contributed by atoms with E-state index in [4.69, 9.17) is 30.2 Å². The number of oxazole rings is 1. The first-order chi connectivity index (χ1) is 12.1. The molecule has 0 saturated carbocycles. The van der Waals surface area contributed by atoms with E-state index in [2.05, 4.69) is 4.98 Å². The lowest BCUT2D eigenvalue weighted by molar-refractivity contribution is -0.150. The third kappa shape index (κ3) is 4.03. The molecule has 1 aromatic heterocycles. The molecule has 1 unspecified atom stereocenters. The van der Waals surface area contributed by atoms with Crippen molar-refractivity contribution >= 4 is 28.7 Å². The Morgan fingerprint density at radius 3 is 2.60 bits per heavy atom. The number of esters is 1. The topological polar surface area (TPSA) is 70.8 Å². The van der Waals surface area contributed by atoms with E-state index >= 15 is 0 Å². The van der Waals surface area contributed by atoms with Crippen LogP contribution in [0.2, 0.25) is 5.02 Å². The number of nitrogens with zero attached hydrogens (tertiary/aromatic N) is 1. The number of hydrogen-bond acceptors (Lipinski definition) is 6. The summed E-state index contributed by atoms with van der Waals surface area (Å²) in [6, 6.07) is 12.0. The number of carbonyl (C=O) groups is 1. The maximum atomic E-state index is 11.6. The van der Waals surface area contributed by atoms with Gasteiger partial charge in [-0.05, 0) is 50.2 Å². The second-order valence-electron chi connectivity index (χ2n) is 5.15. The highest BCUT2D eigenvalue weighted by Gasteiger charge is 2.16. The zero-order chi connectivity index (χ0) is 17.8. The van der Waals surface area contributed by atoms with E-state index in [0.29, 0.717) is 34.2 Å². The van der Waals surface area contributed by atoms with Gasteiger partial charge in [-0.3, -0.25) is 0 Å². The molecule has 0 amide bonds. The van der Waals surface area contributed by atoms with Crippen molar-refractivity contribution in [3.63, 3.8) is 0 Å². The van der Waals surface area contributed by atoms with Crippen molar-refractivity contribution in [1.82, 2.24) is 4.98 Å². The molecule has 0 aliphatic heterocycles. The standard InChI is InChI=1S/C18H16ClNO5/c1-3-22-17(21)11(2)23-12-7-9-13(10-8-12)24-18-20-16-14(19)5-4-6-15(16)25-18/h4-11H,3H2,1-2H3. The molecule has 130 valence electrons. The summed E-state index contributed by atoms with van der Waals surface area (Å²) in [6.07, 6.45) is -0.595. The lowest BCUT2D eigenvalue weighted by Crippen LogP contribution is -2.25. The molecule has 0 aliphatic carbocycles. The van der Waals surface area contributed by atoms with Gasteiger partial charge in [-0.1, -0.05) is 17.7 Å². The van der Waals surface area contributed by atoms with Crippen molar-refractivity contribution in [2.45, 2.75) is 20.0 Å². The molecule has 25 heavy (non-hydrogen) atoms. The van der Waals surface area contributed by atoms with Crippen molar-refractivity contribution in [2.75, 3.05) is 6.61 Å². The summed E-state index contributed by atoms with van der Waals surface area (Å²) in [5, 5.41) is 0.493. The molecule has 6 nitrogen and oxygen atoms in total. The summed E-state index contributed by atoms with van der Waals surface area (Å²) in [7, 11) is 0. The molecule has 0 saturated heterocycles. The fourth-order valence-corrected chi connectivity index (χ4v) is 2.35. The minimum absolute atomic E-state index is 0.0941. The van der Waals surface area contributed by atoms with Gasteiger partial charge in [0.2, 0.25) is 0 Å². The molecule has 0 fully saturated rings. The number of aromatic nitrogens is 1. The number of para-hydroxylation sites is 1. The van der Waals surface area contributed by atoms with Gasteiger partial charge in [0.05, 0.1) is 11.6 Å². The average molecular weight is 362 g/mol. The van der Waals surface area contributed by atoms with Crippen molar-refractivity contribution in [3.05, 3.63) is 47.5 Å². The summed E-state index contributed by atoms with van der Waals surface area (Å²) >= 11 is 6.06. The van der Waals surface area contributed by atoms with E-state index in [1.54, 1.807) is 56.3 Å². The fraction of sp³-hybridized carbons (Fsp3) is 0.222. The minimum Gasteiger partial charge on any atom is -0.479 e. The molecule has 2 aromatic carbocycles. The van der Waals surface area contributed by atoms with Crippen LogP contribution in [-0.4, -0.2) is 23.7 Å². The van der Waals surface area contributed by atoms with Crippen LogP contribution in [0.4, 0.5) is 0 Å². The highest BCUT2D eigenvalue weighted by atomic mass is 35.5. The molecule has 0 bridgehead atoms. The van der Waals surface area contributed by atoms with Gasteiger partial charge in [-0.2, -0.15) is 4.98 Å². The van der Waals surface area contributed by atoms with Gasteiger partial charge >= 0.3 is 12.0 Å². The van der Waals surface area contributed by atoms with Crippen LogP contribution in [0, 0.1) is 0 Å². The van der Waals surface area contributed by atoms with Crippen molar-refractivity contribution in [3.8, 4) is 17.6 Å². The zero-order valence-corrected chi connectivity index (χ0v) is 14.4. The van der Waals surface area contributed by atoms with Crippen LogP contribution in [0.15, 0.2) is 46.9 Å². The molecule has 3 rings (SSSR count). The van der Waals surface area contributed by atoms with Gasteiger partial charge in [-0.25, -0.2) is 4.79 Å². The third-order valence-electron chi connectivity index (χ3n) is 3.31. The quantitative estimate of drug-likeness (QED) is 0.597. The molecule has 3 aromatic rings. The molecular weight excluding hydrogens is 346 g/mol.